The van der Waals surface area contributed by atoms with Crippen molar-refractivity contribution in [3.05, 3.63) is 41.3 Å². The van der Waals surface area contributed by atoms with Crippen molar-refractivity contribution in [2.24, 2.45) is 0 Å². The minimum absolute atomic E-state index is 0.0781. The summed E-state index contributed by atoms with van der Waals surface area (Å²) in [6.45, 7) is 2.96. The normalized spacial score (nSPS) is 16.1. The monoisotopic (exact) mass is 365 g/mol. The Kier molecular flexibility index (Phi) is 6.72. The van der Waals surface area contributed by atoms with E-state index in [9.17, 15) is 18.0 Å². The average Bonchev–Trinajstić information content (AvgIpc) is 2.61. The van der Waals surface area contributed by atoms with Crippen molar-refractivity contribution in [1.29, 1.82) is 0 Å². The summed E-state index contributed by atoms with van der Waals surface area (Å²) in [7, 11) is -3.50. The van der Waals surface area contributed by atoms with Gasteiger partial charge in [-0.1, -0.05) is 30.3 Å². The van der Waals surface area contributed by atoms with Gasteiger partial charge in [0.25, 0.3) is 0 Å². The number of carbonyl (C=O) groups excluding carboxylic acids is 2. The molecule has 0 atom stereocenters. The third-order valence-corrected chi connectivity index (χ3v) is 5.46. The zero-order valence-corrected chi connectivity index (χ0v) is 15.0. The summed E-state index contributed by atoms with van der Waals surface area (Å²) in [4.78, 5) is 24.5. The van der Waals surface area contributed by atoms with E-state index in [4.69, 9.17) is 0 Å². The van der Waals surface area contributed by atoms with Crippen molar-refractivity contribution in [1.82, 2.24) is 14.5 Å². The van der Waals surface area contributed by atoms with Gasteiger partial charge in [0.1, 0.15) is 0 Å². The lowest BCUT2D eigenvalue weighted by molar-refractivity contribution is -0.132. The van der Waals surface area contributed by atoms with Gasteiger partial charge in [-0.2, -0.15) is 4.31 Å². The van der Waals surface area contributed by atoms with Crippen LogP contribution in [0.4, 0.5) is 0 Å². The summed E-state index contributed by atoms with van der Waals surface area (Å²) in [5.74, 6) is -0.250. The van der Waals surface area contributed by atoms with Gasteiger partial charge in [0.15, 0.2) is 0 Å². The van der Waals surface area contributed by atoms with Gasteiger partial charge in [0, 0.05) is 51.5 Å². The van der Waals surface area contributed by atoms with Crippen molar-refractivity contribution in [3.63, 3.8) is 0 Å². The Morgan fingerprint density at radius 1 is 1.12 bits per heavy atom. The Balaban J connectivity index is 1.85. The number of piperazine rings is 1. The molecule has 1 fully saturated rings. The van der Waals surface area contributed by atoms with Crippen molar-refractivity contribution >= 4 is 27.9 Å². The molecule has 2 amide bonds. The molecular formula is C17H23N3O4S. The number of nitrogens with one attached hydrogen (secondary N) is 1. The Morgan fingerprint density at radius 2 is 1.76 bits per heavy atom. The second-order valence-electron chi connectivity index (χ2n) is 5.77. The standard InChI is InChI=1S/C17H23N3O4S/c1-15(21)18-9-7-17(22)19-10-12-20(13-11-19)25(23,24)14-8-16-5-3-2-4-6-16/h2-6,8,14H,7,9-13H2,1H3,(H,18,21)/b14-8+. The van der Waals surface area contributed by atoms with E-state index in [-0.39, 0.29) is 31.3 Å². The van der Waals surface area contributed by atoms with Crippen LogP contribution in [0.1, 0.15) is 18.9 Å². The van der Waals surface area contributed by atoms with Crippen molar-refractivity contribution < 1.29 is 18.0 Å². The van der Waals surface area contributed by atoms with Gasteiger partial charge in [0.2, 0.25) is 21.8 Å². The fourth-order valence-corrected chi connectivity index (χ4v) is 3.68. The number of nitrogens with zero attached hydrogens (tertiary/aromatic N) is 2. The summed E-state index contributed by atoms with van der Waals surface area (Å²) in [6.07, 6.45) is 1.79. The molecule has 2 rings (SSSR count). The molecule has 1 saturated heterocycles. The van der Waals surface area contributed by atoms with Crippen LogP contribution in [0.15, 0.2) is 35.7 Å². The average molecular weight is 365 g/mol. The molecule has 0 aliphatic carbocycles. The van der Waals surface area contributed by atoms with E-state index in [2.05, 4.69) is 5.32 Å². The highest BCUT2D eigenvalue weighted by molar-refractivity contribution is 7.92. The van der Waals surface area contributed by atoms with Gasteiger partial charge in [-0.15, -0.1) is 0 Å². The Morgan fingerprint density at radius 3 is 2.36 bits per heavy atom. The Bertz CT molecular complexity index is 724. The van der Waals surface area contributed by atoms with Crippen LogP contribution in [0.5, 0.6) is 0 Å². The largest absolute Gasteiger partial charge is 0.356 e. The highest BCUT2D eigenvalue weighted by Gasteiger charge is 2.27. The third-order valence-electron chi connectivity index (χ3n) is 3.90. The second kappa shape index (κ2) is 8.77. The smallest absolute Gasteiger partial charge is 0.236 e. The molecule has 1 aliphatic rings. The summed E-state index contributed by atoms with van der Waals surface area (Å²) < 4.78 is 26.1. The van der Waals surface area contributed by atoms with Crippen LogP contribution in [0, 0.1) is 0 Å². The van der Waals surface area contributed by atoms with Crippen LogP contribution in [-0.4, -0.2) is 62.2 Å². The molecule has 1 N–H and O–H groups in total. The maximum Gasteiger partial charge on any atom is 0.236 e. The maximum absolute atomic E-state index is 12.4. The van der Waals surface area contributed by atoms with Gasteiger partial charge in [-0.3, -0.25) is 9.59 Å². The summed E-state index contributed by atoms with van der Waals surface area (Å²) in [6, 6.07) is 9.22. The van der Waals surface area contributed by atoms with Gasteiger partial charge < -0.3 is 10.2 Å². The molecule has 25 heavy (non-hydrogen) atoms. The lowest BCUT2D eigenvalue weighted by Gasteiger charge is -2.33. The topological polar surface area (TPSA) is 86.8 Å². The molecule has 8 heteroatoms. The lowest BCUT2D eigenvalue weighted by atomic mass is 10.2. The number of sulfonamides is 1. The number of carbonyl (C=O) groups is 2. The van der Waals surface area contributed by atoms with Crippen molar-refractivity contribution in [2.45, 2.75) is 13.3 Å². The number of hydrogen-bond acceptors (Lipinski definition) is 4. The molecule has 0 unspecified atom stereocenters. The lowest BCUT2D eigenvalue weighted by Crippen LogP contribution is -2.50. The first kappa shape index (κ1) is 19.1. The number of benzene rings is 1. The van der Waals surface area contributed by atoms with Crippen LogP contribution in [0.25, 0.3) is 6.08 Å². The molecule has 0 aromatic heterocycles. The van der Waals surface area contributed by atoms with E-state index >= 15 is 0 Å². The van der Waals surface area contributed by atoms with E-state index in [0.29, 0.717) is 19.6 Å². The first-order valence-electron chi connectivity index (χ1n) is 8.14. The Labute approximate surface area is 148 Å². The fourth-order valence-electron chi connectivity index (χ4n) is 2.51. The van der Waals surface area contributed by atoms with Gasteiger partial charge in [0.05, 0.1) is 0 Å². The van der Waals surface area contributed by atoms with E-state index in [1.165, 1.54) is 16.6 Å². The maximum atomic E-state index is 12.4. The van der Waals surface area contributed by atoms with Crippen LogP contribution in [0.3, 0.4) is 0 Å². The Hall–Kier alpha value is -2.19. The van der Waals surface area contributed by atoms with Crippen LogP contribution >= 0.6 is 0 Å². The molecule has 1 aliphatic heterocycles. The SMILES string of the molecule is CC(=O)NCCC(=O)N1CCN(S(=O)(=O)/C=C/c2ccccc2)CC1. The number of hydrogen-bond donors (Lipinski definition) is 1. The second-order valence-corrected chi connectivity index (χ2v) is 7.59. The molecule has 0 bridgehead atoms. The van der Waals surface area contributed by atoms with Gasteiger partial charge in [-0.25, -0.2) is 8.42 Å². The van der Waals surface area contributed by atoms with Crippen LogP contribution in [0.2, 0.25) is 0 Å². The predicted octanol–water partition coefficient (Wildman–Crippen LogP) is 0.658. The molecule has 1 aromatic rings. The van der Waals surface area contributed by atoms with Crippen molar-refractivity contribution in [2.75, 3.05) is 32.7 Å². The summed E-state index contributed by atoms with van der Waals surface area (Å²) >= 11 is 0. The van der Waals surface area contributed by atoms with Gasteiger partial charge in [-0.05, 0) is 11.6 Å². The minimum atomic E-state index is -3.50. The molecule has 0 radical (unpaired) electrons. The zero-order chi connectivity index (χ0) is 18.3. The zero-order valence-electron chi connectivity index (χ0n) is 14.2. The highest BCUT2D eigenvalue weighted by Crippen LogP contribution is 2.12. The first-order chi connectivity index (χ1) is 11.9. The molecule has 7 nitrogen and oxygen atoms in total. The minimum Gasteiger partial charge on any atom is -0.356 e. The predicted molar refractivity (Wildman–Crippen MR) is 95.8 cm³/mol. The number of rotatable bonds is 6. The summed E-state index contributed by atoms with van der Waals surface area (Å²) in [5.41, 5.74) is 0.817. The molecule has 0 saturated carbocycles. The van der Waals surface area contributed by atoms with E-state index in [1.54, 1.807) is 11.0 Å². The van der Waals surface area contributed by atoms with Crippen LogP contribution in [-0.2, 0) is 19.6 Å². The molecule has 1 heterocycles. The highest BCUT2D eigenvalue weighted by atomic mass is 32.2. The number of amides is 2. The quantitative estimate of drug-likeness (QED) is 0.802. The summed E-state index contributed by atoms with van der Waals surface area (Å²) in [5, 5.41) is 3.78. The third kappa shape index (κ3) is 5.99. The first-order valence-corrected chi connectivity index (χ1v) is 9.64. The molecule has 1 aromatic carbocycles. The van der Waals surface area contributed by atoms with E-state index in [0.717, 1.165) is 5.56 Å². The van der Waals surface area contributed by atoms with E-state index in [1.807, 2.05) is 30.3 Å². The molecule has 136 valence electrons. The van der Waals surface area contributed by atoms with Crippen LogP contribution < -0.4 is 5.32 Å². The van der Waals surface area contributed by atoms with E-state index < -0.39 is 10.0 Å². The van der Waals surface area contributed by atoms with Gasteiger partial charge >= 0.3 is 0 Å². The molecule has 0 spiro atoms. The van der Waals surface area contributed by atoms with Crippen molar-refractivity contribution in [3.8, 4) is 0 Å². The molecular weight excluding hydrogens is 342 g/mol. The fraction of sp³-hybridized carbons (Fsp3) is 0.412.